The molecule has 0 saturated heterocycles. The number of benzene rings is 2. The molecule has 28 heavy (non-hydrogen) atoms. The molecule has 1 aromatic heterocycles. The average Bonchev–Trinajstić information content (AvgIpc) is 2.71. The number of aryl methyl sites for hydroxylation is 1. The normalized spacial score (nSPS) is 12.1. The number of thioether (sulfide) groups is 1. The van der Waals surface area contributed by atoms with Crippen LogP contribution in [-0.2, 0) is 11.3 Å². The maximum atomic E-state index is 12.9. The van der Waals surface area contributed by atoms with E-state index in [0.29, 0.717) is 22.6 Å². The highest BCUT2D eigenvalue weighted by atomic mass is 32.2. The third-order valence-electron chi connectivity index (χ3n) is 4.75. The summed E-state index contributed by atoms with van der Waals surface area (Å²) in [5.41, 5.74) is 2.86. The van der Waals surface area contributed by atoms with Gasteiger partial charge in [-0.05, 0) is 38.0 Å². The van der Waals surface area contributed by atoms with E-state index in [1.165, 1.54) is 17.3 Å². The van der Waals surface area contributed by atoms with Gasteiger partial charge in [-0.15, -0.1) is 0 Å². The van der Waals surface area contributed by atoms with Crippen molar-refractivity contribution >= 4 is 28.6 Å². The summed E-state index contributed by atoms with van der Waals surface area (Å²) in [5, 5.41) is 4.12. The number of aromatic nitrogens is 2. The maximum absolute atomic E-state index is 12.9. The van der Waals surface area contributed by atoms with Gasteiger partial charge in [-0.2, -0.15) is 0 Å². The molecular formula is C22H25N3O2S. The molecule has 0 unspecified atom stereocenters. The van der Waals surface area contributed by atoms with Crippen LogP contribution in [-0.4, -0.2) is 21.2 Å². The van der Waals surface area contributed by atoms with Gasteiger partial charge in [0.15, 0.2) is 5.16 Å². The Morgan fingerprint density at radius 3 is 2.61 bits per heavy atom. The first-order valence-electron chi connectivity index (χ1n) is 9.46. The van der Waals surface area contributed by atoms with Crippen LogP contribution in [0.1, 0.15) is 37.4 Å². The maximum Gasteiger partial charge on any atom is 0.262 e. The number of fused-ring (bicyclic) bond motifs is 1. The molecule has 0 bridgehead atoms. The number of carbonyl (C=O) groups excluding carboxylic acids is 1. The van der Waals surface area contributed by atoms with Gasteiger partial charge in [-0.25, -0.2) is 4.98 Å². The molecule has 3 rings (SSSR count). The van der Waals surface area contributed by atoms with Gasteiger partial charge >= 0.3 is 0 Å². The van der Waals surface area contributed by atoms with Crippen molar-refractivity contribution in [3.05, 3.63) is 70.0 Å². The number of amides is 1. The Bertz CT molecular complexity index is 1030. The van der Waals surface area contributed by atoms with E-state index < -0.39 is 0 Å². The molecule has 6 heteroatoms. The Morgan fingerprint density at radius 2 is 1.89 bits per heavy atom. The van der Waals surface area contributed by atoms with Crippen LogP contribution in [0.3, 0.4) is 0 Å². The Labute approximate surface area is 169 Å². The minimum atomic E-state index is -0.0799. The third-order valence-corrected chi connectivity index (χ3v) is 5.70. The zero-order chi connectivity index (χ0) is 20.1. The zero-order valence-corrected chi connectivity index (χ0v) is 17.3. The van der Waals surface area contributed by atoms with E-state index in [9.17, 15) is 9.59 Å². The Kier molecular flexibility index (Phi) is 6.52. The van der Waals surface area contributed by atoms with Crippen molar-refractivity contribution in [3.8, 4) is 0 Å². The van der Waals surface area contributed by atoms with Crippen molar-refractivity contribution in [2.45, 2.75) is 44.9 Å². The Hall–Kier alpha value is -2.60. The lowest BCUT2D eigenvalue weighted by Gasteiger charge is -2.18. The van der Waals surface area contributed by atoms with Crippen LogP contribution < -0.4 is 10.9 Å². The standard InChI is InChI=1S/C22H25N3O2S/c1-4-16(3)25-21(27)18-7-5-6-8-19(18)24-22(25)28-14-20(26)23-13-17-11-9-15(2)10-12-17/h5-12,16H,4,13-14H2,1-3H3,(H,23,26)/t16-/m1/s1. The number of hydrogen-bond donors (Lipinski definition) is 1. The minimum absolute atomic E-state index is 0.0164. The van der Waals surface area contributed by atoms with Gasteiger partial charge in [-0.3, -0.25) is 14.2 Å². The first kappa shape index (κ1) is 20.1. The van der Waals surface area contributed by atoms with Gasteiger partial charge < -0.3 is 5.32 Å². The largest absolute Gasteiger partial charge is 0.351 e. The van der Waals surface area contributed by atoms with Crippen LogP contribution in [0.25, 0.3) is 10.9 Å². The summed E-state index contributed by atoms with van der Waals surface area (Å²) < 4.78 is 1.71. The predicted octanol–water partition coefficient (Wildman–Crippen LogP) is 4.08. The van der Waals surface area contributed by atoms with Gasteiger partial charge in [0.1, 0.15) is 0 Å². The lowest BCUT2D eigenvalue weighted by atomic mass is 10.1. The van der Waals surface area contributed by atoms with Gasteiger partial charge in [-0.1, -0.05) is 60.6 Å². The van der Waals surface area contributed by atoms with Crippen LogP contribution in [0, 0.1) is 6.92 Å². The molecule has 1 atom stereocenters. The summed E-state index contributed by atoms with van der Waals surface area (Å²) in [6.07, 6.45) is 0.813. The van der Waals surface area contributed by atoms with E-state index in [0.717, 1.165) is 12.0 Å². The summed E-state index contributed by atoms with van der Waals surface area (Å²) >= 11 is 1.31. The average molecular weight is 396 g/mol. The van der Waals surface area contributed by atoms with Crippen molar-refractivity contribution in [1.29, 1.82) is 0 Å². The lowest BCUT2D eigenvalue weighted by Crippen LogP contribution is -2.28. The number of para-hydroxylation sites is 1. The van der Waals surface area contributed by atoms with E-state index in [1.54, 1.807) is 10.6 Å². The van der Waals surface area contributed by atoms with Crippen LogP contribution in [0.2, 0.25) is 0 Å². The van der Waals surface area contributed by atoms with Crippen LogP contribution >= 0.6 is 11.8 Å². The first-order chi connectivity index (χ1) is 13.5. The van der Waals surface area contributed by atoms with Crippen molar-refractivity contribution in [3.63, 3.8) is 0 Å². The van der Waals surface area contributed by atoms with E-state index >= 15 is 0 Å². The predicted molar refractivity (Wildman–Crippen MR) is 115 cm³/mol. The number of nitrogens with one attached hydrogen (secondary N) is 1. The van der Waals surface area contributed by atoms with Gasteiger partial charge in [0.05, 0.1) is 16.7 Å². The number of carbonyl (C=O) groups is 1. The van der Waals surface area contributed by atoms with E-state index in [-0.39, 0.29) is 23.3 Å². The zero-order valence-electron chi connectivity index (χ0n) is 16.4. The van der Waals surface area contributed by atoms with E-state index in [1.807, 2.05) is 63.2 Å². The molecule has 0 saturated carbocycles. The molecule has 5 nitrogen and oxygen atoms in total. The van der Waals surface area contributed by atoms with Crippen molar-refractivity contribution in [2.24, 2.45) is 0 Å². The molecule has 0 aliphatic rings. The molecule has 0 spiro atoms. The molecule has 3 aromatic rings. The second-order valence-corrected chi connectivity index (χ2v) is 7.84. The fourth-order valence-corrected chi connectivity index (χ4v) is 3.81. The van der Waals surface area contributed by atoms with Gasteiger partial charge in [0, 0.05) is 12.6 Å². The summed E-state index contributed by atoms with van der Waals surface area (Å²) in [4.78, 5) is 29.9. The van der Waals surface area contributed by atoms with Crippen LogP contribution in [0.4, 0.5) is 0 Å². The molecule has 1 amide bonds. The second kappa shape index (κ2) is 9.06. The van der Waals surface area contributed by atoms with E-state index in [4.69, 9.17) is 0 Å². The number of rotatable bonds is 7. The molecule has 146 valence electrons. The smallest absolute Gasteiger partial charge is 0.262 e. The lowest BCUT2D eigenvalue weighted by molar-refractivity contribution is -0.118. The molecule has 0 fully saturated rings. The fraction of sp³-hybridized carbons (Fsp3) is 0.318. The van der Waals surface area contributed by atoms with Crippen molar-refractivity contribution < 1.29 is 4.79 Å². The van der Waals surface area contributed by atoms with Crippen LogP contribution in [0.15, 0.2) is 58.5 Å². The molecule has 0 aliphatic heterocycles. The number of nitrogens with zero attached hydrogens (tertiary/aromatic N) is 2. The summed E-state index contributed by atoms with van der Waals surface area (Å²) in [6.45, 7) is 6.56. The molecule has 1 heterocycles. The molecule has 2 aromatic carbocycles. The second-order valence-electron chi connectivity index (χ2n) is 6.89. The van der Waals surface area contributed by atoms with E-state index in [2.05, 4.69) is 10.3 Å². The molecule has 1 N–H and O–H groups in total. The van der Waals surface area contributed by atoms with Crippen molar-refractivity contribution in [2.75, 3.05) is 5.75 Å². The monoisotopic (exact) mass is 395 g/mol. The highest BCUT2D eigenvalue weighted by Crippen LogP contribution is 2.22. The number of hydrogen-bond acceptors (Lipinski definition) is 4. The topological polar surface area (TPSA) is 64.0 Å². The quantitative estimate of drug-likeness (QED) is 0.484. The summed E-state index contributed by atoms with van der Waals surface area (Å²) in [7, 11) is 0. The van der Waals surface area contributed by atoms with Gasteiger partial charge in [0.2, 0.25) is 5.91 Å². The fourth-order valence-electron chi connectivity index (χ4n) is 2.89. The Balaban J connectivity index is 1.74. The molecule has 0 aliphatic carbocycles. The highest BCUT2D eigenvalue weighted by molar-refractivity contribution is 7.99. The summed E-state index contributed by atoms with van der Waals surface area (Å²) in [5.74, 6) is 0.135. The SMILES string of the molecule is CC[C@@H](C)n1c(SCC(=O)NCc2ccc(C)cc2)nc2ccccc2c1=O. The third kappa shape index (κ3) is 4.62. The summed E-state index contributed by atoms with van der Waals surface area (Å²) in [6, 6.07) is 15.4. The highest BCUT2D eigenvalue weighted by Gasteiger charge is 2.16. The van der Waals surface area contributed by atoms with Crippen molar-refractivity contribution in [1.82, 2.24) is 14.9 Å². The van der Waals surface area contributed by atoms with Crippen LogP contribution in [0.5, 0.6) is 0 Å². The minimum Gasteiger partial charge on any atom is -0.351 e. The molecular weight excluding hydrogens is 370 g/mol. The molecule has 0 radical (unpaired) electrons. The van der Waals surface area contributed by atoms with Gasteiger partial charge in [0.25, 0.3) is 5.56 Å². The Morgan fingerprint density at radius 1 is 1.18 bits per heavy atom. The first-order valence-corrected chi connectivity index (χ1v) is 10.4.